The van der Waals surface area contributed by atoms with E-state index >= 15 is 0 Å². The van der Waals surface area contributed by atoms with Crippen molar-refractivity contribution < 1.29 is 23.8 Å². The van der Waals surface area contributed by atoms with Crippen LogP contribution < -0.4 is 14.4 Å². The fraction of sp³-hybridized carbons (Fsp3) is 0.417. The van der Waals surface area contributed by atoms with Gasteiger partial charge in [-0.15, -0.1) is 0 Å². The Bertz CT molecular complexity index is 953. The number of carbonyl (C=O) groups is 2. The highest BCUT2D eigenvalue weighted by atomic mass is 32.2. The second-order valence-electron chi connectivity index (χ2n) is 7.52. The van der Waals surface area contributed by atoms with E-state index in [-0.39, 0.29) is 30.0 Å². The normalized spacial score (nSPS) is 17.3. The number of ether oxygens (including phenoxy) is 3. The Kier molecular flexibility index (Phi) is 7.90. The van der Waals surface area contributed by atoms with E-state index < -0.39 is 0 Å². The molecule has 1 aliphatic rings. The molecule has 8 heteroatoms. The number of amides is 2. The molecule has 0 radical (unpaired) electrons. The van der Waals surface area contributed by atoms with Gasteiger partial charge in [-0.1, -0.05) is 42.1 Å². The van der Waals surface area contributed by atoms with Gasteiger partial charge in [0.05, 0.1) is 32.6 Å². The first-order valence-corrected chi connectivity index (χ1v) is 11.8. The van der Waals surface area contributed by atoms with Crippen LogP contribution in [0.4, 0.5) is 15.3 Å². The summed E-state index contributed by atoms with van der Waals surface area (Å²) in [6.45, 7) is 4.46. The maximum absolute atomic E-state index is 13.1. The zero-order valence-electron chi connectivity index (χ0n) is 19.2. The number of benzene rings is 2. The topological polar surface area (TPSA) is 68.3 Å². The van der Waals surface area contributed by atoms with Crippen LogP contribution in [0.3, 0.4) is 0 Å². The number of carbonyl (C=O) groups excluding carboxylic acids is 2. The lowest BCUT2D eigenvalue weighted by atomic mass is 9.90. The third-order valence-electron chi connectivity index (χ3n) is 5.60. The van der Waals surface area contributed by atoms with Crippen LogP contribution in [-0.2, 0) is 11.3 Å². The maximum Gasteiger partial charge on any atom is 0.410 e. The number of rotatable bonds is 6. The minimum Gasteiger partial charge on any atom is -0.493 e. The monoisotopic (exact) mass is 458 g/mol. The minimum absolute atomic E-state index is 0.0600. The van der Waals surface area contributed by atoms with Crippen molar-refractivity contribution in [2.24, 2.45) is 0 Å². The third-order valence-corrected chi connectivity index (χ3v) is 6.15. The summed E-state index contributed by atoms with van der Waals surface area (Å²) in [5.41, 5.74) is 2.54. The summed E-state index contributed by atoms with van der Waals surface area (Å²) in [6, 6.07) is 13.1. The van der Waals surface area contributed by atoms with E-state index in [2.05, 4.69) is 0 Å². The van der Waals surface area contributed by atoms with E-state index in [1.54, 1.807) is 37.2 Å². The second-order valence-corrected chi connectivity index (χ2v) is 8.28. The molecular weight excluding hydrogens is 428 g/mol. The van der Waals surface area contributed by atoms with Crippen molar-refractivity contribution in [3.63, 3.8) is 0 Å². The number of hydrogen-bond acceptors (Lipinski definition) is 6. The minimum atomic E-state index is -0.390. The summed E-state index contributed by atoms with van der Waals surface area (Å²) in [5.74, 6) is 1.08. The van der Waals surface area contributed by atoms with Gasteiger partial charge in [0.25, 0.3) is 5.24 Å². The Labute approximate surface area is 193 Å². The molecule has 0 fully saturated rings. The number of anilines is 1. The van der Waals surface area contributed by atoms with Crippen LogP contribution in [0.25, 0.3) is 0 Å². The zero-order chi connectivity index (χ0) is 23.3. The van der Waals surface area contributed by atoms with Crippen molar-refractivity contribution in [1.82, 2.24) is 4.90 Å². The Morgan fingerprint density at radius 1 is 1.12 bits per heavy atom. The molecular formula is C24H30N2O5S. The van der Waals surface area contributed by atoms with Crippen molar-refractivity contribution in [3.8, 4) is 11.5 Å². The number of hydrogen-bond donors (Lipinski definition) is 0. The molecule has 1 heterocycles. The van der Waals surface area contributed by atoms with Crippen LogP contribution in [0.5, 0.6) is 11.5 Å². The van der Waals surface area contributed by atoms with Crippen molar-refractivity contribution in [2.75, 3.05) is 32.0 Å². The van der Waals surface area contributed by atoms with Gasteiger partial charge in [-0.25, -0.2) is 4.79 Å². The van der Waals surface area contributed by atoms with Crippen molar-refractivity contribution >= 4 is 28.8 Å². The summed E-state index contributed by atoms with van der Waals surface area (Å²) in [4.78, 5) is 29.4. The second kappa shape index (κ2) is 10.6. The van der Waals surface area contributed by atoms with Gasteiger partial charge in [0.1, 0.15) is 0 Å². The number of thioether (sulfide) groups is 1. The van der Waals surface area contributed by atoms with Gasteiger partial charge in [0.15, 0.2) is 11.5 Å². The first kappa shape index (κ1) is 23.8. The van der Waals surface area contributed by atoms with Gasteiger partial charge in [0, 0.05) is 24.2 Å². The number of fused-ring (bicyclic) bond motifs is 1. The van der Waals surface area contributed by atoms with Gasteiger partial charge in [-0.2, -0.15) is 0 Å². The quantitative estimate of drug-likeness (QED) is 0.571. The molecule has 7 nitrogen and oxygen atoms in total. The first-order chi connectivity index (χ1) is 15.4. The third kappa shape index (κ3) is 4.80. The lowest BCUT2D eigenvalue weighted by Crippen LogP contribution is -2.46. The first-order valence-electron chi connectivity index (χ1n) is 10.6. The number of nitrogens with zero attached hydrogens (tertiary/aromatic N) is 2. The van der Waals surface area contributed by atoms with E-state index in [4.69, 9.17) is 14.2 Å². The average Bonchev–Trinajstić information content (AvgIpc) is 2.81. The van der Waals surface area contributed by atoms with E-state index in [9.17, 15) is 9.59 Å². The summed E-state index contributed by atoms with van der Waals surface area (Å²) in [6.07, 6.45) is 1.95. The SMILES string of the molecule is CCOC(=O)N(Cc1ccccc1)[C@@H]1C[C@H](C)N(C(=O)SC)c2cc(OC)c(OC)cc21. The lowest BCUT2D eigenvalue weighted by Gasteiger charge is -2.43. The van der Waals surface area contributed by atoms with Crippen molar-refractivity contribution in [3.05, 3.63) is 53.6 Å². The molecule has 1 aliphatic heterocycles. The molecule has 0 unspecified atom stereocenters. The van der Waals surface area contributed by atoms with Gasteiger partial charge in [0.2, 0.25) is 0 Å². The standard InChI is InChI=1S/C24H30N2O5S/c1-6-31-23(27)25(15-17-10-8-7-9-11-17)19-12-16(2)26(24(28)32-5)20-14-22(30-4)21(29-3)13-18(19)20/h7-11,13-14,16,19H,6,12,15H2,1-5H3/t16-,19+/m0/s1. The lowest BCUT2D eigenvalue weighted by molar-refractivity contribution is 0.0817. The molecule has 0 saturated carbocycles. The zero-order valence-corrected chi connectivity index (χ0v) is 20.0. The van der Waals surface area contributed by atoms with Gasteiger partial charge in [-0.05, 0) is 38.2 Å². The highest BCUT2D eigenvalue weighted by Gasteiger charge is 2.39. The molecule has 0 saturated heterocycles. The predicted molar refractivity (Wildman–Crippen MR) is 127 cm³/mol. The molecule has 0 N–H and O–H groups in total. The van der Waals surface area contributed by atoms with E-state index in [1.165, 1.54) is 0 Å². The highest BCUT2D eigenvalue weighted by Crippen LogP contribution is 2.46. The van der Waals surface area contributed by atoms with E-state index in [0.717, 1.165) is 22.9 Å². The Balaban J connectivity index is 2.14. The largest absolute Gasteiger partial charge is 0.493 e. The molecule has 2 aromatic carbocycles. The molecule has 0 aliphatic carbocycles. The summed E-state index contributed by atoms with van der Waals surface area (Å²) < 4.78 is 16.5. The van der Waals surface area contributed by atoms with Crippen molar-refractivity contribution in [1.29, 1.82) is 0 Å². The molecule has 32 heavy (non-hydrogen) atoms. The smallest absolute Gasteiger partial charge is 0.410 e. The van der Waals surface area contributed by atoms with Crippen LogP contribution in [0, 0.1) is 0 Å². The van der Waals surface area contributed by atoms with Crippen LogP contribution in [0.1, 0.15) is 37.4 Å². The molecule has 0 aromatic heterocycles. The molecule has 2 aromatic rings. The molecule has 172 valence electrons. The highest BCUT2D eigenvalue weighted by molar-refractivity contribution is 8.13. The van der Waals surface area contributed by atoms with Crippen LogP contribution in [0.2, 0.25) is 0 Å². The van der Waals surface area contributed by atoms with Crippen LogP contribution >= 0.6 is 11.8 Å². The molecule has 2 atom stereocenters. The van der Waals surface area contributed by atoms with Crippen LogP contribution in [0.15, 0.2) is 42.5 Å². The van der Waals surface area contributed by atoms with Crippen molar-refractivity contribution in [2.45, 2.75) is 38.9 Å². The van der Waals surface area contributed by atoms with Crippen LogP contribution in [-0.4, -0.2) is 49.4 Å². The summed E-state index contributed by atoms with van der Waals surface area (Å²) in [5, 5.41) is -0.0600. The number of methoxy groups -OCH3 is 2. The van der Waals surface area contributed by atoms with Gasteiger partial charge in [-0.3, -0.25) is 14.6 Å². The predicted octanol–water partition coefficient (Wildman–Crippen LogP) is 5.49. The van der Waals surface area contributed by atoms with E-state index in [0.29, 0.717) is 30.2 Å². The Morgan fingerprint density at radius 3 is 2.38 bits per heavy atom. The fourth-order valence-electron chi connectivity index (χ4n) is 4.11. The molecule has 3 rings (SSSR count). The van der Waals surface area contributed by atoms with E-state index in [1.807, 2.05) is 49.4 Å². The average molecular weight is 459 g/mol. The summed E-state index contributed by atoms with van der Waals surface area (Å²) in [7, 11) is 3.14. The molecule has 2 amide bonds. The van der Waals surface area contributed by atoms with Gasteiger partial charge < -0.3 is 14.2 Å². The maximum atomic E-state index is 13.1. The summed E-state index contributed by atoms with van der Waals surface area (Å²) >= 11 is 1.16. The molecule has 0 bridgehead atoms. The fourth-order valence-corrected chi connectivity index (χ4v) is 4.59. The Morgan fingerprint density at radius 2 is 1.78 bits per heavy atom. The van der Waals surface area contributed by atoms with Gasteiger partial charge >= 0.3 is 6.09 Å². The Hall–Kier alpha value is -2.87. The molecule has 0 spiro atoms.